The van der Waals surface area contributed by atoms with Gasteiger partial charge in [0.1, 0.15) is 0 Å². The Morgan fingerprint density at radius 3 is 2.69 bits per heavy atom. The van der Waals surface area contributed by atoms with Gasteiger partial charge < -0.3 is 15.2 Å². The first-order valence-corrected chi connectivity index (χ1v) is 5.39. The second kappa shape index (κ2) is 4.99. The van der Waals surface area contributed by atoms with Crippen molar-refractivity contribution in [1.82, 2.24) is 5.32 Å². The lowest BCUT2D eigenvalue weighted by molar-refractivity contribution is -0.0252. The molecule has 0 aliphatic heterocycles. The smallest absolute Gasteiger partial charge is 0.404 e. The van der Waals surface area contributed by atoms with E-state index in [0.717, 1.165) is 18.4 Å². The number of amides is 1. The van der Waals surface area contributed by atoms with Crippen molar-refractivity contribution in [3.05, 3.63) is 35.9 Å². The van der Waals surface area contributed by atoms with Crippen LogP contribution in [0, 0.1) is 0 Å². The van der Waals surface area contributed by atoms with E-state index in [1.54, 1.807) is 0 Å². The van der Waals surface area contributed by atoms with Crippen LogP contribution < -0.4 is 5.32 Å². The predicted octanol–water partition coefficient (Wildman–Crippen LogP) is 2.00. The van der Waals surface area contributed by atoms with E-state index in [0.29, 0.717) is 6.61 Å². The Balaban J connectivity index is 1.65. The van der Waals surface area contributed by atoms with Gasteiger partial charge in [-0.1, -0.05) is 30.3 Å². The van der Waals surface area contributed by atoms with Crippen LogP contribution >= 0.6 is 0 Å². The normalized spacial score (nSPS) is 23.5. The zero-order chi connectivity index (χ0) is 11.4. The first-order valence-electron chi connectivity index (χ1n) is 5.39. The molecule has 2 rings (SSSR count). The zero-order valence-electron chi connectivity index (χ0n) is 8.93. The molecule has 0 bridgehead atoms. The summed E-state index contributed by atoms with van der Waals surface area (Å²) < 4.78 is 5.64. The van der Waals surface area contributed by atoms with E-state index in [-0.39, 0.29) is 12.1 Å². The minimum atomic E-state index is -0.952. The van der Waals surface area contributed by atoms with Crippen LogP contribution in [0.5, 0.6) is 0 Å². The summed E-state index contributed by atoms with van der Waals surface area (Å²) in [7, 11) is 0. The lowest BCUT2D eigenvalue weighted by atomic mass is 9.89. The molecule has 2 N–H and O–H groups in total. The maximum absolute atomic E-state index is 10.3. The third-order valence-corrected chi connectivity index (χ3v) is 2.75. The molecular formula is C12H15NO3. The fourth-order valence-electron chi connectivity index (χ4n) is 1.78. The van der Waals surface area contributed by atoms with E-state index in [4.69, 9.17) is 9.84 Å². The minimum absolute atomic E-state index is 0.0678. The highest BCUT2D eigenvalue weighted by molar-refractivity contribution is 5.65. The molecule has 1 amide bonds. The van der Waals surface area contributed by atoms with Gasteiger partial charge in [0.2, 0.25) is 0 Å². The number of nitrogens with one attached hydrogen (secondary N) is 1. The summed E-state index contributed by atoms with van der Waals surface area (Å²) in [6.45, 7) is 0.602. The highest BCUT2D eigenvalue weighted by atomic mass is 16.5. The second-order valence-corrected chi connectivity index (χ2v) is 4.04. The van der Waals surface area contributed by atoms with Crippen LogP contribution in [0.25, 0.3) is 0 Å². The van der Waals surface area contributed by atoms with Gasteiger partial charge in [-0.05, 0) is 18.4 Å². The molecular weight excluding hydrogens is 206 g/mol. The van der Waals surface area contributed by atoms with E-state index >= 15 is 0 Å². The van der Waals surface area contributed by atoms with Crippen molar-refractivity contribution < 1.29 is 14.6 Å². The molecule has 0 saturated heterocycles. The summed E-state index contributed by atoms with van der Waals surface area (Å²) in [4.78, 5) is 10.3. The number of hydrogen-bond donors (Lipinski definition) is 2. The Labute approximate surface area is 94.2 Å². The largest absolute Gasteiger partial charge is 0.465 e. The first-order chi connectivity index (χ1) is 7.74. The Hall–Kier alpha value is -1.55. The number of carbonyl (C=O) groups is 1. The van der Waals surface area contributed by atoms with Crippen LogP contribution in [-0.4, -0.2) is 23.3 Å². The number of hydrogen-bond acceptors (Lipinski definition) is 2. The summed E-state index contributed by atoms with van der Waals surface area (Å²) >= 11 is 0. The molecule has 0 radical (unpaired) electrons. The van der Waals surface area contributed by atoms with Crippen LogP contribution in [0.4, 0.5) is 4.79 Å². The minimum Gasteiger partial charge on any atom is -0.465 e. The number of ether oxygens (including phenoxy) is 1. The monoisotopic (exact) mass is 221 g/mol. The molecule has 0 atom stereocenters. The summed E-state index contributed by atoms with van der Waals surface area (Å²) in [5, 5.41) is 10.9. The highest BCUT2D eigenvalue weighted by Gasteiger charge is 2.30. The molecule has 0 unspecified atom stereocenters. The molecule has 1 aliphatic carbocycles. The van der Waals surface area contributed by atoms with Crippen LogP contribution in [0.3, 0.4) is 0 Å². The van der Waals surface area contributed by atoms with Crippen molar-refractivity contribution in [2.75, 3.05) is 0 Å². The van der Waals surface area contributed by atoms with Gasteiger partial charge in [-0.3, -0.25) is 0 Å². The van der Waals surface area contributed by atoms with E-state index in [9.17, 15) is 4.79 Å². The molecule has 0 heterocycles. The molecule has 1 aromatic carbocycles. The fraction of sp³-hybridized carbons (Fsp3) is 0.417. The topological polar surface area (TPSA) is 58.6 Å². The molecule has 4 nitrogen and oxygen atoms in total. The zero-order valence-corrected chi connectivity index (χ0v) is 8.93. The van der Waals surface area contributed by atoms with Crippen molar-refractivity contribution in [3.8, 4) is 0 Å². The van der Waals surface area contributed by atoms with E-state index < -0.39 is 6.09 Å². The van der Waals surface area contributed by atoms with Crippen molar-refractivity contribution in [3.63, 3.8) is 0 Å². The van der Waals surface area contributed by atoms with Gasteiger partial charge in [0.05, 0.1) is 12.7 Å². The van der Waals surface area contributed by atoms with Crippen LogP contribution in [0.1, 0.15) is 18.4 Å². The Bertz CT molecular complexity index is 347. The number of carboxylic acid groups (broad SMARTS) is 1. The van der Waals surface area contributed by atoms with Gasteiger partial charge in [-0.25, -0.2) is 4.79 Å². The van der Waals surface area contributed by atoms with Crippen molar-refractivity contribution in [2.45, 2.75) is 31.6 Å². The average molecular weight is 221 g/mol. The maximum atomic E-state index is 10.3. The standard InChI is InChI=1S/C12H15NO3/c14-12(15)13-10-6-11(7-10)16-8-9-4-2-1-3-5-9/h1-5,10-11,13H,6-8H2,(H,14,15)/t10-,11-. The van der Waals surface area contributed by atoms with Crippen LogP contribution in [-0.2, 0) is 11.3 Å². The number of rotatable bonds is 4. The molecule has 1 aliphatic rings. The molecule has 1 saturated carbocycles. The highest BCUT2D eigenvalue weighted by Crippen LogP contribution is 2.24. The van der Waals surface area contributed by atoms with Gasteiger partial charge >= 0.3 is 6.09 Å². The third kappa shape index (κ3) is 2.97. The van der Waals surface area contributed by atoms with Gasteiger partial charge in [0, 0.05) is 6.04 Å². The molecule has 4 heteroatoms. The van der Waals surface area contributed by atoms with Crippen molar-refractivity contribution in [1.29, 1.82) is 0 Å². The Morgan fingerprint density at radius 1 is 1.38 bits per heavy atom. The molecule has 16 heavy (non-hydrogen) atoms. The molecule has 0 aromatic heterocycles. The van der Waals surface area contributed by atoms with Gasteiger partial charge in [0.25, 0.3) is 0 Å². The van der Waals surface area contributed by atoms with Crippen LogP contribution in [0.15, 0.2) is 30.3 Å². The average Bonchev–Trinajstić information content (AvgIpc) is 2.22. The summed E-state index contributed by atoms with van der Waals surface area (Å²) in [5.74, 6) is 0. The lowest BCUT2D eigenvalue weighted by Gasteiger charge is -2.34. The third-order valence-electron chi connectivity index (χ3n) is 2.75. The Kier molecular flexibility index (Phi) is 3.41. The van der Waals surface area contributed by atoms with Crippen molar-refractivity contribution >= 4 is 6.09 Å². The lowest BCUT2D eigenvalue weighted by Crippen LogP contribution is -2.47. The predicted molar refractivity (Wildman–Crippen MR) is 59.2 cm³/mol. The first kappa shape index (κ1) is 11.0. The van der Waals surface area contributed by atoms with Crippen molar-refractivity contribution in [2.24, 2.45) is 0 Å². The van der Waals surface area contributed by atoms with Crippen LogP contribution in [0.2, 0.25) is 0 Å². The van der Waals surface area contributed by atoms with E-state index in [1.807, 2.05) is 30.3 Å². The molecule has 1 fully saturated rings. The quantitative estimate of drug-likeness (QED) is 0.817. The molecule has 86 valence electrons. The molecule has 0 spiro atoms. The van der Waals surface area contributed by atoms with E-state index in [1.165, 1.54) is 0 Å². The van der Waals surface area contributed by atoms with Gasteiger partial charge in [-0.2, -0.15) is 0 Å². The Morgan fingerprint density at radius 2 is 2.06 bits per heavy atom. The fourth-order valence-corrected chi connectivity index (χ4v) is 1.78. The maximum Gasteiger partial charge on any atom is 0.404 e. The second-order valence-electron chi connectivity index (χ2n) is 4.04. The SMILES string of the molecule is O=C(O)N[C@H]1C[C@H](OCc2ccccc2)C1. The molecule has 1 aromatic rings. The van der Waals surface area contributed by atoms with Gasteiger partial charge in [-0.15, -0.1) is 0 Å². The summed E-state index contributed by atoms with van der Waals surface area (Å²) in [6.07, 6.45) is 0.793. The number of benzene rings is 1. The van der Waals surface area contributed by atoms with Gasteiger partial charge in [0.15, 0.2) is 0 Å². The summed E-state index contributed by atoms with van der Waals surface area (Å²) in [5.41, 5.74) is 1.15. The summed E-state index contributed by atoms with van der Waals surface area (Å²) in [6, 6.07) is 10.0. The van der Waals surface area contributed by atoms with E-state index in [2.05, 4.69) is 5.32 Å².